The number of nitrogens with two attached hydrogens (primary N) is 1. The fourth-order valence-corrected chi connectivity index (χ4v) is 4.43. The third-order valence-corrected chi connectivity index (χ3v) is 5.90. The number of ether oxygens (including phenoxy) is 1. The molecule has 10 heteroatoms. The third kappa shape index (κ3) is 6.53. The van der Waals surface area contributed by atoms with E-state index in [0.717, 1.165) is 5.56 Å². The van der Waals surface area contributed by atoms with Crippen molar-refractivity contribution >= 4 is 29.5 Å². The minimum atomic E-state index is -1.17. The van der Waals surface area contributed by atoms with Crippen LogP contribution < -0.4 is 21.1 Å². The van der Waals surface area contributed by atoms with Crippen LogP contribution >= 0.6 is 0 Å². The Kier molecular flexibility index (Phi) is 8.52. The molecule has 1 aliphatic rings. The van der Waals surface area contributed by atoms with Crippen molar-refractivity contribution in [2.45, 2.75) is 51.7 Å². The predicted octanol–water partition coefficient (Wildman–Crippen LogP) is 2.69. The first-order chi connectivity index (χ1) is 17.1. The van der Waals surface area contributed by atoms with Crippen LogP contribution in [0.1, 0.15) is 44.4 Å². The topological polar surface area (TPSA) is 151 Å². The molecule has 0 aromatic heterocycles. The Hall–Kier alpha value is -4.08. The van der Waals surface area contributed by atoms with Crippen molar-refractivity contribution < 1.29 is 29.0 Å². The van der Waals surface area contributed by atoms with Crippen LogP contribution in [-0.2, 0) is 20.8 Å². The van der Waals surface area contributed by atoms with E-state index < -0.39 is 41.9 Å². The molecule has 1 heterocycles. The van der Waals surface area contributed by atoms with Gasteiger partial charge in [-0.1, -0.05) is 44.2 Å². The highest BCUT2D eigenvalue weighted by atomic mass is 16.5. The lowest BCUT2D eigenvalue weighted by Gasteiger charge is -2.37. The molecule has 0 aliphatic carbocycles. The highest BCUT2D eigenvalue weighted by Crippen LogP contribution is 2.40. The van der Waals surface area contributed by atoms with Gasteiger partial charge in [-0.05, 0) is 36.1 Å². The Bertz CT molecular complexity index is 1120. The van der Waals surface area contributed by atoms with Gasteiger partial charge in [0.05, 0.1) is 6.04 Å². The summed E-state index contributed by atoms with van der Waals surface area (Å²) in [4.78, 5) is 51.3. The first kappa shape index (κ1) is 26.5. The van der Waals surface area contributed by atoms with Crippen molar-refractivity contribution in [2.24, 2.45) is 11.7 Å². The van der Waals surface area contributed by atoms with Gasteiger partial charge >= 0.3 is 12.0 Å². The summed E-state index contributed by atoms with van der Waals surface area (Å²) in [5, 5.41) is 15.4. The molecule has 0 saturated heterocycles. The zero-order valence-corrected chi connectivity index (χ0v) is 20.6. The Morgan fingerprint density at radius 3 is 2.42 bits per heavy atom. The number of carbonyl (C=O) groups is 4. The molecule has 2 aromatic rings. The highest BCUT2D eigenvalue weighted by molar-refractivity contribution is 5.91. The first-order valence-electron chi connectivity index (χ1n) is 11.8. The average molecular weight is 497 g/mol. The van der Waals surface area contributed by atoms with Gasteiger partial charge in [-0.15, -0.1) is 0 Å². The number of carboxylic acids is 1. The number of benzene rings is 2. The van der Waals surface area contributed by atoms with Crippen molar-refractivity contribution in [3.8, 4) is 5.75 Å². The molecule has 2 aromatic carbocycles. The number of hydrogen-bond donors (Lipinski definition) is 4. The summed E-state index contributed by atoms with van der Waals surface area (Å²) in [5.41, 5.74) is 7.01. The van der Waals surface area contributed by atoms with Crippen LogP contribution in [0.15, 0.2) is 48.5 Å². The van der Waals surface area contributed by atoms with Gasteiger partial charge in [0.2, 0.25) is 11.8 Å². The zero-order valence-electron chi connectivity index (χ0n) is 20.6. The SMILES string of the molecule is CC(=O)NC(Cc1ccccc1)C(=O)N([C@@H]1COc2ccc(NC(N)=O)cc21)[C@@H](CC(C)C)C(=O)O. The number of urea groups is 1. The first-order valence-corrected chi connectivity index (χ1v) is 11.8. The largest absolute Gasteiger partial charge is 0.491 e. The van der Waals surface area contributed by atoms with E-state index in [1.54, 1.807) is 18.2 Å². The molecule has 3 rings (SSSR count). The number of amides is 4. The summed E-state index contributed by atoms with van der Waals surface area (Å²) >= 11 is 0. The second-order valence-corrected chi connectivity index (χ2v) is 9.24. The Labute approximate surface area is 209 Å². The van der Waals surface area contributed by atoms with Gasteiger partial charge in [-0.25, -0.2) is 9.59 Å². The van der Waals surface area contributed by atoms with E-state index in [9.17, 15) is 24.3 Å². The van der Waals surface area contributed by atoms with E-state index in [1.165, 1.54) is 11.8 Å². The Morgan fingerprint density at radius 1 is 1.14 bits per heavy atom. The number of rotatable bonds is 10. The van der Waals surface area contributed by atoms with Crippen molar-refractivity contribution in [1.29, 1.82) is 0 Å². The number of hydrogen-bond acceptors (Lipinski definition) is 5. The van der Waals surface area contributed by atoms with E-state index in [-0.39, 0.29) is 25.4 Å². The molecular formula is C26H32N4O6. The van der Waals surface area contributed by atoms with Crippen LogP contribution in [0, 0.1) is 5.92 Å². The zero-order chi connectivity index (χ0) is 26.4. The maximum Gasteiger partial charge on any atom is 0.326 e. The lowest BCUT2D eigenvalue weighted by molar-refractivity contribution is -0.155. The van der Waals surface area contributed by atoms with Crippen molar-refractivity contribution in [2.75, 3.05) is 11.9 Å². The predicted molar refractivity (Wildman–Crippen MR) is 133 cm³/mol. The summed E-state index contributed by atoms with van der Waals surface area (Å²) in [6.45, 7) is 5.10. The lowest BCUT2D eigenvalue weighted by atomic mass is 9.95. The smallest absolute Gasteiger partial charge is 0.326 e. The van der Waals surface area contributed by atoms with Gasteiger partial charge in [0, 0.05) is 24.6 Å². The number of carboxylic acid groups (broad SMARTS) is 1. The Morgan fingerprint density at radius 2 is 1.83 bits per heavy atom. The standard InChI is InChI=1S/C26H32N4O6/c1-15(2)11-21(25(33)34)30(22-14-36-23-10-9-18(13-19(22)23)29-26(27)35)24(32)20(28-16(3)31)12-17-7-5-4-6-8-17/h4-10,13,15,20-22H,11-12,14H2,1-3H3,(H,28,31)(H,33,34)(H3,27,29,35)/t20?,21-,22+/m0/s1. The third-order valence-electron chi connectivity index (χ3n) is 5.90. The fourth-order valence-electron chi connectivity index (χ4n) is 4.43. The highest BCUT2D eigenvalue weighted by Gasteiger charge is 2.42. The molecule has 1 unspecified atom stereocenters. The molecule has 0 saturated carbocycles. The van der Waals surface area contributed by atoms with Crippen molar-refractivity contribution in [3.63, 3.8) is 0 Å². The van der Waals surface area contributed by atoms with Gasteiger partial charge in [-0.3, -0.25) is 9.59 Å². The minimum absolute atomic E-state index is 0.0283. The molecule has 0 fully saturated rings. The number of carbonyl (C=O) groups excluding carboxylic acids is 3. The van der Waals surface area contributed by atoms with Crippen LogP contribution in [0.4, 0.5) is 10.5 Å². The van der Waals surface area contributed by atoms with E-state index in [4.69, 9.17) is 10.5 Å². The van der Waals surface area contributed by atoms with Crippen LogP contribution in [-0.4, -0.2) is 52.5 Å². The van der Waals surface area contributed by atoms with Gasteiger partial charge in [0.1, 0.15) is 24.4 Å². The van der Waals surface area contributed by atoms with E-state index in [2.05, 4.69) is 10.6 Å². The van der Waals surface area contributed by atoms with E-state index in [1.807, 2.05) is 44.2 Å². The monoisotopic (exact) mass is 496 g/mol. The molecular weight excluding hydrogens is 464 g/mol. The fraction of sp³-hybridized carbons (Fsp3) is 0.385. The molecule has 36 heavy (non-hydrogen) atoms. The van der Waals surface area contributed by atoms with Gasteiger partial charge in [0.25, 0.3) is 0 Å². The van der Waals surface area contributed by atoms with Gasteiger partial charge in [0.15, 0.2) is 0 Å². The maximum absolute atomic E-state index is 14.1. The van der Waals surface area contributed by atoms with E-state index in [0.29, 0.717) is 17.0 Å². The second-order valence-electron chi connectivity index (χ2n) is 9.24. The molecule has 0 radical (unpaired) electrons. The molecule has 1 aliphatic heterocycles. The van der Waals surface area contributed by atoms with Crippen LogP contribution in [0.5, 0.6) is 5.75 Å². The molecule has 3 atom stereocenters. The normalized spacial score (nSPS) is 15.8. The summed E-state index contributed by atoms with van der Waals surface area (Å²) in [7, 11) is 0. The number of nitrogens with one attached hydrogen (secondary N) is 2. The molecule has 10 nitrogen and oxygen atoms in total. The quantitative estimate of drug-likeness (QED) is 0.397. The number of aliphatic carboxylic acids is 1. The van der Waals surface area contributed by atoms with Crippen LogP contribution in [0.25, 0.3) is 0 Å². The number of nitrogens with zero attached hydrogens (tertiary/aromatic N) is 1. The number of primary amides is 1. The van der Waals surface area contributed by atoms with Crippen molar-refractivity contribution in [1.82, 2.24) is 10.2 Å². The van der Waals surface area contributed by atoms with Crippen LogP contribution in [0.3, 0.4) is 0 Å². The number of anilines is 1. The summed E-state index contributed by atoms with van der Waals surface area (Å²) in [6.07, 6.45) is 0.387. The summed E-state index contributed by atoms with van der Waals surface area (Å²) in [6, 6.07) is 10.4. The molecule has 5 N–H and O–H groups in total. The lowest BCUT2D eigenvalue weighted by Crippen LogP contribution is -2.56. The summed E-state index contributed by atoms with van der Waals surface area (Å²) < 4.78 is 5.80. The second kappa shape index (κ2) is 11.6. The number of fused-ring (bicyclic) bond motifs is 1. The van der Waals surface area contributed by atoms with Gasteiger partial charge < -0.3 is 31.1 Å². The van der Waals surface area contributed by atoms with E-state index >= 15 is 0 Å². The van der Waals surface area contributed by atoms with Gasteiger partial charge in [-0.2, -0.15) is 0 Å². The van der Waals surface area contributed by atoms with Crippen molar-refractivity contribution in [3.05, 3.63) is 59.7 Å². The molecule has 4 amide bonds. The Balaban J connectivity index is 2.07. The minimum Gasteiger partial charge on any atom is -0.491 e. The maximum atomic E-state index is 14.1. The average Bonchev–Trinajstić information content (AvgIpc) is 3.20. The molecule has 192 valence electrons. The summed E-state index contributed by atoms with van der Waals surface area (Å²) in [5.74, 6) is -1.65. The molecule has 0 spiro atoms. The molecule has 0 bridgehead atoms. The van der Waals surface area contributed by atoms with Crippen LogP contribution in [0.2, 0.25) is 0 Å².